The highest BCUT2D eigenvalue weighted by atomic mass is 127. The number of pyridine rings is 1. The zero-order valence-corrected chi connectivity index (χ0v) is 23.1. The van der Waals surface area contributed by atoms with E-state index in [9.17, 15) is 14.7 Å². The molecule has 0 bridgehead atoms. The number of hydrogen-bond donors (Lipinski definition) is 1. The lowest BCUT2D eigenvalue weighted by molar-refractivity contribution is -0.160. The Morgan fingerprint density at radius 3 is 2.62 bits per heavy atom. The third-order valence-corrected chi connectivity index (χ3v) is 6.89. The van der Waals surface area contributed by atoms with E-state index in [1.807, 2.05) is 58.0 Å². The number of fused-ring (bicyclic) bond motifs is 1. The summed E-state index contributed by atoms with van der Waals surface area (Å²) in [7, 11) is 0. The summed E-state index contributed by atoms with van der Waals surface area (Å²) >= 11 is 1.57. The molecule has 0 unspecified atom stereocenters. The molecule has 1 aliphatic heterocycles. The van der Waals surface area contributed by atoms with Crippen LogP contribution in [0.2, 0.25) is 0 Å². The van der Waals surface area contributed by atoms with E-state index in [1.54, 1.807) is 41.3 Å². The molecule has 4 aromatic rings. The predicted molar refractivity (Wildman–Crippen MR) is 149 cm³/mol. The summed E-state index contributed by atoms with van der Waals surface area (Å²) in [5, 5.41) is 12.8. The van der Waals surface area contributed by atoms with Gasteiger partial charge in [-0.1, -0.05) is 12.1 Å². The van der Waals surface area contributed by atoms with Crippen LogP contribution >= 0.6 is 23.0 Å². The van der Waals surface area contributed by atoms with Gasteiger partial charge in [-0.15, -0.1) is 0 Å². The fourth-order valence-corrected chi connectivity index (χ4v) is 5.31. The minimum atomic E-state index is -1.22. The highest BCUT2D eigenvalue weighted by Gasteiger charge is 2.32. The number of carbonyl (C=O) groups is 2. The van der Waals surface area contributed by atoms with Gasteiger partial charge < -0.3 is 17.6 Å². The van der Waals surface area contributed by atoms with Crippen molar-refractivity contribution in [3.8, 4) is 16.9 Å². The number of nitrogens with zero attached hydrogens (tertiary/aromatic N) is 1. The summed E-state index contributed by atoms with van der Waals surface area (Å²) in [5.41, 5.74) is 4.35. The molecule has 0 spiro atoms. The van der Waals surface area contributed by atoms with Crippen molar-refractivity contribution in [2.24, 2.45) is 0 Å². The van der Waals surface area contributed by atoms with Crippen molar-refractivity contribution in [2.45, 2.75) is 45.8 Å². The van der Waals surface area contributed by atoms with Crippen LogP contribution in [0.5, 0.6) is 5.75 Å². The average molecular weight is 611 g/mol. The normalized spacial score (nSPS) is 13.9. The topological polar surface area (TPSA) is 95.0 Å². The van der Waals surface area contributed by atoms with Gasteiger partial charge in [-0.05, 0) is 85.5 Å². The maximum Gasteiger partial charge on any atom is 0.347 e. The molecule has 0 amide bonds. The van der Waals surface area contributed by atoms with Gasteiger partial charge in [0.15, 0.2) is 29.1 Å². The molecule has 1 atom stereocenters. The molecule has 0 fully saturated rings. The van der Waals surface area contributed by atoms with Crippen LogP contribution < -0.4 is 4.74 Å². The molecule has 0 saturated heterocycles. The number of rotatable bonds is 5. The Kier molecular flexibility index (Phi) is 6.57. The van der Waals surface area contributed by atoms with Crippen molar-refractivity contribution in [2.75, 3.05) is 6.61 Å². The van der Waals surface area contributed by atoms with Gasteiger partial charge in [-0.25, -0.2) is 9.59 Å². The third kappa shape index (κ3) is 4.64. The molecule has 1 aliphatic rings. The molecule has 2 heterocycles. The molecule has 8 heteroatoms. The maximum atomic E-state index is 12.6. The van der Waals surface area contributed by atoms with E-state index in [-0.39, 0.29) is 0 Å². The van der Waals surface area contributed by atoms with Gasteiger partial charge in [-0.2, -0.15) is 0 Å². The highest BCUT2D eigenvalue weighted by molar-refractivity contribution is 14.1. The number of aliphatic carboxylic acids is 1. The van der Waals surface area contributed by atoms with Crippen LogP contribution in [0.3, 0.4) is 0 Å². The second-order valence-electron chi connectivity index (χ2n) is 10.1. The molecule has 3 aromatic carbocycles. The van der Waals surface area contributed by atoms with Crippen LogP contribution in [0.1, 0.15) is 53.9 Å². The van der Waals surface area contributed by atoms with E-state index >= 15 is 0 Å². The number of carboxylic acid groups (broad SMARTS) is 1. The molecule has 0 saturated carbocycles. The van der Waals surface area contributed by atoms with E-state index in [0.717, 1.165) is 50.5 Å². The first-order valence-corrected chi connectivity index (χ1v) is 12.8. The Morgan fingerprint density at radius 1 is 1.14 bits per heavy atom. The van der Waals surface area contributed by atoms with E-state index in [1.165, 1.54) is 0 Å². The van der Waals surface area contributed by atoms with Crippen molar-refractivity contribution < 1.29 is 27.2 Å². The van der Waals surface area contributed by atoms with Crippen LogP contribution in [0.15, 0.2) is 48.7 Å². The minimum Gasteiger partial charge on any atom is -0.493 e. The molecule has 0 radical (unpaired) electrons. The summed E-state index contributed by atoms with van der Waals surface area (Å²) in [6.45, 7) is 7.97. The lowest BCUT2D eigenvalue weighted by Crippen LogP contribution is -2.28. The standard InChI is InChI=1S/C29H26INO6/c1-15-13-18-14-17(28(34)37-30)5-6-19(18)24(22(15)26(27(32)33)36-29(2,3)4)20-7-8-21-23-16(10-12-35-21)9-11-31-25(20)23/h5-9,11,13-14,26H,10,12H2,1-4H3,(H,32,33)/t26-/m0/s1. The largest absolute Gasteiger partial charge is 0.493 e. The highest BCUT2D eigenvalue weighted by Crippen LogP contribution is 2.45. The molecular weight excluding hydrogens is 585 g/mol. The number of ether oxygens (including phenoxy) is 2. The second kappa shape index (κ2) is 9.57. The second-order valence-corrected chi connectivity index (χ2v) is 10.6. The van der Waals surface area contributed by atoms with Crippen LogP contribution in [-0.2, 0) is 19.0 Å². The molecule has 0 aliphatic carbocycles. The first-order valence-electron chi connectivity index (χ1n) is 11.9. The van der Waals surface area contributed by atoms with Crippen LogP contribution in [0.4, 0.5) is 0 Å². The summed E-state index contributed by atoms with van der Waals surface area (Å²) in [5.74, 6) is -0.771. The van der Waals surface area contributed by atoms with Gasteiger partial charge in [-0.3, -0.25) is 4.98 Å². The fourth-order valence-electron chi connectivity index (χ4n) is 5.05. The quantitative estimate of drug-likeness (QED) is 0.250. The number of carboxylic acids is 1. The number of benzene rings is 3. The van der Waals surface area contributed by atoms with Crippen molar-refractivity contribution in [3.05, 3.63) is 70.9 Å². The smallest absolute Gasteiger partial charge is 0.347 e. The zero-order chi connectivity index (χ0) is 26.5. The van der Waals surface area contributed by atoms with Crippen LogP contribution in [0, 0.1) is 6.92 Å². The summed E-state index contributed by atoms with van der Waals surface area (Å²) in [6, 6.07) is 13.0. The summed E-state index contributed by atoms with van der Waals surface area (Å²) in [6.07, 6.45) is 1.33. The number of aromatic nitrogens is 1. The zero-order valence-electron chi connectivity index (χ0n) is 20.9. The first-order chi connectivity index (χ1) is 17.6. The van der Waals surface area contributed by atoms with Gasteiger partial charge in [0.25, 0.3) is 0 Å². The Bertz CT molecular complexity index is 1560. The molecule has 1 N–H and O–H groups in total. The van der Waals surface area contributed by atoms with E-state index in [2.05, 4.69) is 0 Å². The van der Waals surface area contributed by atoms with Gasteiger partial charge in [0.1, 0.15) is 5.75 Å². The fraction of sp³-hybridized carbons (Fsp3) is 0.276. The lowest BCUT2D eigenvalue weighted by Gasteiger charge is -2.29. The van der Waals surface area contributed by atoms with Crippen molar-refractivity contribution in [1.82, 2.24) is 4.98 Å². The van der Waals surface area contributed by atoms with Gasteiger partial charge in [0.05, 0.1) is 23.3 Å². The predicted octanol–water partition coefficient (Wildman–Crippen LogP) is 6.75. The van der Waals surface area contributed by atoms with E-state index in [0.29, 0.717) is 23.3 Å². The number of hydrogen-bond acceptors (Lipinski definition) is 6. The monoisotopic (exact) mass is 611 g/mol. The van der Waals surface area contributed by atoms with Crippen LogP contribution in [-0.4, -0.2) is 34.2 Å². The van der Waals surface area contributed by atoms with Crippen molar-refractivity contribution >= 4 is 56.6 Å². The molecule has 190 valence electrons. The Hall–Kier alpha value is -3.24. The van der Waals surface area contributed by atoms with Gasteiger partial charge in [0.2, 0.25) is 0 Å². The molecule has 7 nitrogen and oxygen atoms in total. The molecule has 37 heavy (non-hydrogen) atoms. The number of halogens is 1. The minimum absolute atomic E-state index is 0.407. The maximum absolute atomic E-state index is 12.6. The SMILES string of the molecule is Cc1cc2cc(C(=O)OI)ccc2c(-c2ccc3c4c(ccnc24)CCO3)c1[C@H](OC(C)(C)C)C(=O)O. The molecular formula is C29H26INO6. The van der Waals surface area contributed by atoms with Crippen molar-refractivity contribution in [3.63, 3.8) is 0 Å². The van der Waals surface area contributed by atoms with Crippen LogP contribution in [0.25, 0.3) is 32.8 Å². The van der Waals surface area contributed by atoms with Gasteiger partial charge in [0, 0.05) is 29.1 Å². The van der Waals surface area contributed by atoms with E-state index in [4.69, 9.17) is 17.5 Å². The first kappa shape index (κ1) is 25.4. The summed E-state index contributed by atoms with van der Waals surface area (Å²) < 4.78 is 16.9. The lowest BCUT2D eigenvalue weighted by atomic mass is 9.85. The Morgan fingerprint density at radius 2 is 1.92 bits per heavy atom. The number of aryl methyl sites for hydroxylation is 1. The Labute approximate surface area is 228 Å². The Balaban J connectivity index is 1.90. The average Bonchev–Trinajstić information content (AvgIpc) is 2.86. The van der Waals surface area contributed by atoms with Crippen molar-refractivity contribution in [1.29, 1.82) is 0 Å². The molecule has 1 aromatic heterocycles. The summed E-state index contributed by atoms with van der Waals surface area (Å²) in [4.78, 5) is 29.6. The van der Waals surface area contributed by atoms with E-state index < -0.39 is 23.6 Å². The third-order valence-electron chi connectivity index (χ3n) is 6.49. The van der Waals surface area contributed by atoms with Gasteiger partial charge >= 0.3 is 11.9 Å². The number of carbonyl (C=O) groups excluding carboxylic acids is 1. The molecule has 5 rings (SSSR count).